The smallest absolute Gasteiger partial charge is 0.128 e. The van der Waals surface area contributed by atoms with Crippen LogP contribution >= 0.6 is 0 Å². The summed E-state index contributed by atoms with van der Waals surface area (Å²) in [6.45, 7) is 2.55. The highest BCUT2D eigenvalue weighted by Gasteiger charge is 2.18. The summed E-state index contributed by atoms with van der Waals surface area (Å²) in [6.07, 6.45) is 3.65. The van der Waals surface area contributed by atoms with Crippen molar-refractivity contribution < 1.29 is 5.11 Å². The van der Waals surface area contributed by atoms with Crippen LogP contribution in [0.3, 0.4) is 0 Å². The average Bonchev–Trinajstić information content (AvgIpc) is 2.30. The van der Waals surface area contributed by atoms with Gasteiger partial charge in [-0.25, -0.2) is 4.98 Å². The number of rotatable bonds is 3. The molecule has 0 aliphatic carbocycles. The number of aliphatic hydroxyl groups excluding tert-OH is 1. The Labute approximate surface area is 96.3 Å². The predicted molar refractivity (Wildman–Crippen MR) is 64.5 cm³/mol. The van der Waals surface area contributed by atoms with Crippen LogP contribution in [0.5, 0.6) is 0 Å². The van der Waals surface area contributed by atoms with Gasteiger partial charge >= 0.3 is 0 Å². The van der Waals surface area contributed by atoms with E-state index in [1.165, 1.54) is 5.56 Å². The highest BCUT2D eigenvalue weighted by atomic mass is 16.3. The number of hydrogen-bond acceptors (Lipinski definition) is 4. The Kier molecular flexibility index (Phi) is 3.74. The van der Waals surface area contributed by atoms with Gasteiger partial charge in [0.2, 0.25) is 0 Å². The zero-order valence-corrected chi connectivity index (χ0v) is 9.69. The highest BCUT2D eigenvalue weighted by molar-refractivity contribution is 5.39. The standard InChI is InChI=1S/C12H19N3O/c1-13-7-10-4-5-12(14-8-10)15-6-2-3-11(16)9-15/h4-5,8,11,13,16H,2-3,6-7,9H2,1H3. The van der Waals surface area contributed by atoms with Gasteiger partial charge in [0.05, 0.1) is 6.10 Å². The summed E-state index contributed by atoms with van der Waals surface area (Å²) in [7, 11) is 1.93. The molecule has 1 aliphatic heterocycles. The number of pyridine rings is 1. The van der Waals surface area contributed by atoms with Gasteiger partial charge in [-0.2, -0.15) is 0 Å². The van der Waals surface area contributed by atoms with Crippen LogP contribution in [-0.4, -0.2) is 36.3 Å². The first-order valence-electron chi connectivity index (χ1n) is 5.82. The molecule has 16 heavy (non-hydrogen) atoms. The summed E-state index contributed by atoms with van der Waals surface area (Å²) in [5.74, 6) is 0.971. The van der Waals surface area contributed by atoms with Crippen molar-refractivity contribution in [1.29, 1.82) is 0 Å². The van der Waals surface area contributed by atoms with Crippen molar-refractivity contribution in [2.45, 2.75) is 25.5 Å². The van der Waals surface area contributed by atoms with Crippen molar-refractivity contribution in [1.82, 2.24) is 10.3 Å². The molecule has 1 aromatic rings. The third kappa shape index (κ3) is 2.71. The van der Waals surface area contributed by atoms with Gasteiger partial charge in [-0.15, -0.1) is 0 Å². The summed E-state index contributed by atoms with van der Waals surface area (Å²) >= 11 is 0. The second-order valence-corrected chi connectivity index (χ2v) is 4.30. The van der Waals surface area contributed by atoms with E-state index in [4.69, 9.17) is 0 Å². The van der Waals surface area contributed by atoms with Gasteiger partial charge in [0, 0.05) is 25.8 Å². The lowest BCUT2D eigenvalue weighted by Crippen LogP contribution is -2.38. The molecule has 1 fully saturated rings. The third-order valence-electron chi connectivity index (χ3n) is 2.91. The molecule has 2 heterocycles. The van der Waals surface area contributed by atoms with Crippen molar-refractivity contribution in [3.8, 4) is 0 Å². The van der Waals surface area contributed by atoms with Gasteiger partial charge in [0.25, 0.3) is 0 Å². The number of piperidine rings is 1. The first-order valence-corrected chi connectivity index (χ1v) is 5.82. The van der Waals surface area contributed by atoms with Crippen LogP contribution in [-0.2, 0) is 6.54 Å². The molecule has 1 saturated heterocycles. The summed E-state index contributed by atoms with van der Waals surface area (Å²) in [4.78, 5) is 6.58. The molecule has 1 aromatic heterocycles. The van der Waals surface area contributed by atoms with Gasteiger partial charge in [-0.3, -0.25) is 0 Å². The topological polar surface area (TPSA) is 48.4 Å². The maximum Gasteiger partial charge on any atom is 0.128 e. The van der Waals surface area contributed by atoms with E-state index in [0.717, 1.165) is 31.7 Å². The largest absolute Gasteiger partial charge is 0.391 e. The molecule has 4 nitrogen and oxygen atoms in total. The fourth-order valence-corrected chi connectivity index (χ4v) is 2.08. The van der Waals surface area contributed by atoms with E-state index >= 15 is 0 Å². The van der Waals surface area contributed by atoms with E-state index in [9.17, 15) is 5.11 Å². The fourth-order valence-electron chi connectivity index (χ4n) is 2.08. The average molecular weight is 221 g/mol. The van der Waals surface area contributed by atoms with Crippen molar-refractivity contribution in [3.63, 3.8) is 0 Å². The van der Waals surface area contributed by atoms with E-state index < -0.39 is 0 Å². The molecule has 0 spiro atoms. The summed E-state index contributed by atoms with van der Waals surface area (Å²) < 4.78 is 0. The minimum Gasteiger partial charge on any atom is -0.391 e. The van der Waals surface area contributed by atoms with Crippen molar-refractivity contribution in [2.75, 3.05) is 25.0 Å². The molecule has 0 radical (unpaired) electrons. The van der Waals surface area contributed by atoms with E-state index in [0.29, 0.717) is 6.54 Å². The van der Waals surface area contributed by atoms with Crippen LogP contribution in [0.4, 0.5) is 5.82 Å². The highest BCUT2D eigenvalue weighted by Crippen LogP contribution is 2.17. The number of aromatic nitrogens is 1. The molecule has 0 amide bonds. The molecular weight excluding hydrogens is 202 g/mol. The Balaban J connectivity index is 2.03. The number of hydrogen-bond donors (Lipinski definition) is 2. The van der Waals surface area contributed by atoms with Crippen LogP contribution in [0.15, 0.2) is 18.3 Å². The van der Waals surface area contributed by atoms with Crippen molar-refractivity contribution in [2.24, 2.45) is 0 Å². The van der Waals surface area contributed by atoms with E-state index in [2.05, 4.69) is 21.3 Å². The van der Waals surface area contributed by atoms with Gasteiger partial charge in [0.15, 0.2) is 0 Å². The molecule has 1 aliphatic rings. The lowest BCUT2D eigenvalue weighted by atomic mass is 10.1. The molecule has 0 aromatic carbocycles. The van der Waals surface area contributed by atoms with Crippen LogP contribution in [0.1, 0.15) is 18.4 Å². The summed E-state index contributed by atoms with van der Waals surface area (Å²) in [6, 6.07) is 4.12. The maximum absolute atomic E-state index is 9.60. The Morgan fingerprint density at radius 1 is 1.56 bits per heavy atom. The van der Waals surface area contributed by atoms with E-state index in [-0.39, 0.29) is 6.10 Å². The Morgan fingerprint density at radius 2 is 2.44 bits per heavy atom. The van der Waals surface area contributed by atoms with Gasteiger partial charge in [0.1, 0.15) is 5.82 Å². The zero-order chi connectivity index (χ0) is 11.4. The van der Waals surface area contributed by atoms with Crippen molar-refractivity contribution >= 4 is 5.82 Å². The number of β-amino-alcohol motifs (C(OH)–C–C–N with tert-alkyl or cyclic N) is 1. The Hall–Kier alpha value is -1.13. The Bertz CT molecular complexity index is 326. The molecule has 0 bridgehead atoms. The molecule has 1 unspecified atom stereocenters. The molecule has 2 rings (SSSR count). The van der Waals surface area contributed by atoms with E-state index in [1.807, 2.05) is 19.3 Å². The molecule has 88 valence electrons. The monoisotopic (exact) mass is 221 g/mol. The second-order valence-electron chi connectivity index (χ2n) is 4.30. The molecule has 1 atom stereocenters. The third-order valence-corrected chi connectivity index (χ3v) is 2.91. The van der Waals surface area contributed by atoms with Crippen LogP contribution in [0, 0.1) is 0 Å². The van der Waals surface area contributed by atoms with Crippen LogP contribution in [0.2, 0.25) is 0 Å². The molecular formula is C12H19N3O. The van der Waals surface area contributed by atoms with Gasteiger partial charge in [-0.1, -0.05) is 6.07 Å². The number of anilines is 1. The van der Waals surface area contributed by atoms with Gasteiger partial charge < -0.3 is 15.3 Å². The van der Waals surface area contributed by atoms with Crippen LogP contribution < -0.4 is 10.2 Å². The molecule has 2 N–H and O–H groups in total. The quantitative estimate of drug-likeness (QED) is 0.791. The number of nitrogens with zero attached hydrogens (tertiary/aromatic N) is 2. The lowest BCUT2D eigenvalue weighted by Gasteiger charge is -2.31. The van der Waals surface area contributed by atoms with Crippen molar-refractivity contribution in [3.05, 3.63) is 23.9 Å². The fraction of sp³-hybridized carbons (Fsp3) is 0.583. The number of aliphatic hydroxyl groups is 1. The SMILES string of the molecule is CNCc1ccc(N2CCCC(O)C2)nc1. The van der Waals surface area contributed by atoms with E-state index in [1.54, 1.807) is 0 Å². The lowest BCUT2D eigenvalue weighted by molar-refractivity contribution is 0.154. The predicted octanol–water partition coefficient (Wildman–Crippen LogP) is 0.762. The molecule has 4 heteroatoms. The summed E-state index contributed by atoms with van der Waals surface area (Å²) in [5, 5.41) is 12.7. The normalized spacial score (nSPS) is 21.1. The first kappa shape index (κ1) is 11.4. The minimum atomic E-state index is -0.201. The minimum absolute atomic E-state index is 0.201. The van der Waals surface area contributed by atoms with Gasteiger partial charge in [-0.05, 0) is 31.5 Å². The number of nitrogens with one attached hydrogen (secondary N) is 1. The maximum atomic E-state index is 9.60. The van der Waals surface area contributed by atoms with Crippen LogP contribution in [0.25, 0.3) is 0 Å². The zero-order valence-electron chi connectivity index (χ0n) is 9.69. The second kappa shape index (κ2) is 5.27. The Morgan fingerprint density at radius 3 is 3.06 bits per heavy atom. The molecule has 0 saturated carbocycles. The summed E-state index contributed by atoms with van der Waals surface area (Å²) in [5.41, 5.74) is 1.18. The first-order chi connectivity index (χ1) is 7.79.